The van der Waals surface area contributed by atoms with Gasteiger partial charge in [0.05, 0.1) is 17.5 Å². The molecule has 1 atom stereocenters. The number of aryl methyl sites for hydroxylation is 2. The fourth-order valence-corrected chi connectivity index (χ4v) is 2.66. The molecule has 1 rings (SSSR count). The van der Waals surface area contributed by atoms with Gasteiger partial charge >= 0.3 is 0 Å². The first-order chi connectivity index (χ1) is 8.12. The van der Waals surface area contributed by atoms with Gasteiger partial charge in [-0.3, -0.25) is 4.79 Å². The summed E-state index contributed by atoms with van der Waals surface area (Å²) in [6, 6.07) is 1.84. The van der Waals surface area contributed by atoms with Crippen LogP contribution in [0.4, 0.5) is 0 Å². The largest absolute Gasteiger partial charge is 0.394 e. The molecule has 0 radical (unpaired) electrons. The maximum atomic E-state index is 11.9. The molecule has 1 amide bonds. The fourth-order valence-electron chi connectivity index (χ4n) is 1.68. The van der Waals surface area contributed by atoms with Gasteiger partial charge in [-0.1, -0.05) is 20.3 Å². The number of carbonyl (C=O) groups excluding carboxylic acids is 1. The molecule has 0 aliphatic heterocycles. The van der Waals surface area contributed by atoms with Crippen LogP contribution in [0.5, 0.6) is 0 Å². The van der Waals surface area contributed by atoms with Gasteiger partial charge in [0.2, 0.25) is 0 Å². The van der Waals surface area contributed by atoms with Crippen LogP contribution in [0.25, 0.3) is 0 Å². The second-order valence-corrected chi connectivity index (χ2v) is 5.46. The van der Waals surface area contributed by atoms with Crippen molar-refractivity contribution in [2.75, 3.05) is 6.61 Å². The highest BCUT2D eigenvalue weighted by molar-refractivity contribution is 7.14. The molecule has 0 aliphatic rings. The van der Waals surface area contributed by atoms with Gasteiger partial charge < -0.3 is 10.4 Å². The average Bonchev–Trinajstić information content (AvgIpc) is 2.68. The first kappa shape index (κ1) is 14.2. The molecule has 1 aromatic heterocycles. The Morgan fingerprint density at radius 2 is 2.24 bits per heavy atom. The molecule has 0 saturated carbocycles. The lowest BCUT2D eigenvalue weighted by atomic mass is 10.1. The predicted molar refractivity (Wildman–Crippen MR) is 71.7 cm³/mol. The van der Waals surface area contributed by atoms with Crippen molar-refractivity contribution in [1.82, 2.24) is 5.32 Å². The van der Waals surface area contributed by atoms with E-state index < -0.39 is 0 Å². The number of hydrogen-bond donors (Lipinski definition) is 2. The van der Waals surface area contributed by atoms with Crippen molar-refractivity contribution in [3.05, 3.63) is 21.4 Å². The molecule has 3 nitrogen and oxygen atoms in total. The van der Waals surface area contributed by atoms with E-state index in [1.54, 1.807) is 0 Å². The molecule has 0 bridgehead atoms. The normalized spacial score (nSPS) is 12.5. The van der Waals surface area contributed by atoms with Gasteiger partial charge in [0, 0.05) is 4.88 Å². The van der Waals surface area contributed by atoms with E-state index in [-0.39, 0.29) is 18.6 Å². The van der Waals surface area contributed by atoms with E-state index in [4.69, 9.17) is 5.11 Å². The quantitative estimate of drug-likeness (QED) is 0.820. The molecule has 0 aromatic carbocycles. The lowest BCUT2D eigenvalue weighted by Gasteiger charge is -2.12. The van der Waals surface area contributed by atoms with Gasteiger partial charge in [-0.15, -0.1) is 11.3 Å². The van der Waals surface area contributed by atoms with E-state index in [2.05, 4.69) is 19.2 Å². The van der Waals surface area contributed by atoms with Gasteiger partial charge in [-0.05, 0) is 31.4 Å². The number of hydrogen-bond acceptors (Lipinski definition) is 3. The van der Waals surface area contributed by atoms with E-state index in [1.807, 2.05) is 13.0 Å². The van der Waals surface area contributed by atoms with Crippen molar-refractivity contribution in [3.8, 4) is 0 Å². The molecule has 4 heteroatoms. The zero-order valence-electron chi connectivity index (χ0n) is 10.7. The third kappa shape index (κ3) is 3.82. The van der Waals surface area contributed by atoms with Crippen molar-refractivity contribution >= 4 is 17.2 Å². The SMILES string of the molecule is CCCc1cc(C(=O)N[C@@H](CC)CO)sc1C. The molecule has 96 valence electrons. The number of nitrogens with one attached hydrogen (secondary N) is 1. The summed E-state index contributed by atoms with van der Waals surface area (Å²) < 4.78 is 0. The van der Waals surface area contributed by atoms with E-state index >= 15 is 0 Å². The van der Waals surface area contributed by atoms with Crippen LogP contribution in [0.3, 0.4) is 0 Å². The van der Waals surface area contributed by atoms with Crippen LogP contribution >= 0.6 is 11.3 Å². The number of aliphatic hydroxyl groups is 1. The first-order valence-corrected chi connectivity index (χ1v) is 6.95. The number of amides is 1. The molecule has 0 aliphatic carbocycles. The zero-order chi connectivity index (χ0) is 12.8. The first-order valence-electron chi connectivity index (χ1n) is 6.13. The number of carbonyl (C=O) groups is 1. The van der Waals surface area contributed by atoms with Crippen LogP contribution in [0.1, 0.15) is 46.8 Å². The Kier molecular flexibility index (Phi) is 5.65. The molecule has 17 heavy (non-hydrogen) atoms. The molecular formula is C13H21NO2S. The van der Waals surface area contributed by atoms with E-state index in [0.717, 1.165) is 24.1 Å². The standard InChI is InChI=1S/C13H21NO2S/c1-4-6-10-7-12(17-9(10)3)13(16)14-11(5-2)8-15/h7,11,15H,4-6,8H2,1-3H3,(H,14,16)/t11-/m0/s1. The number of aliphatic hydroxyl groups excluding tert-OH is 1. The number of thiophene rings is 1. The number of rotatable bonds is 6. The van der Waals surface area contributed by atoms with Crippen LogP contribution in [0.2, 0.25) is 0 Å². The lowest BCUT2D eigenvalue weighted by Crippen LogP contribution is -2.36. The Morgan fingerprint density at radius 1 is 1.53 bits per heavy atom. The summed E-state index contributed by atoms with van der Waals surface area (Å²) in [7, 11) is 0. The second-order valence-electron chi connectivity index (χ2n) is 4.20. The molecule has 0 spiro atoms. The summed E-state index contributed by atoms with van der Waals surface area (Å²) in [5, 5.41) is 11.9. The topological polar surface area (TPSA) is 49.3 Å². The van der Waals surface area contributed by atoms with Crippen molar-refractivity contribution < 1.29 is 9.90 Å². The van der Waals surface area contributed by atoms with E-state index in [0.29, 0.717) is 0 Å². The third-order valence-electron chi connectivity index (χ3n) is 2.81. The van der Waals surface area contributed by atoms with E-state index in [9.17, 15) is 4.79 Å². The van der Waals surface area contributed by atoms with Gasteiger partial charge in [0.15, 0.2) is 0 Å². The molecular weight excluding hydrogens is 234 g/mol. The molecule has 0 saturated heterocycles. The fraction of sp³-hybridized carbons (Fsp3) is 0.615. The minimum Gasteiger partial charge on any atom is -0.394 e. The Labute approximate surface area is 107 Å². The molecule has 0 fully saturated rings. The summed E-state index contributed by atoms with van der Waals surface area (Å²) in [5.74, 6) is -0.0682. The van der Waals surface area contributed by atoms with Crippen LogP contribution in [0, 0.1) is 6.92 Å². The van der Waals surface area contributed by atoms with Crippen molar-refractivity contribution in [1.29, 1.82) is 0 Å². The summed E-state index contributed by atoms with van der Waals surface area (Å²) in [4.78, 5) is 13.9. The van der Waals surface area contributed by atoms with Crippen molar-refractivity contribution in [2.24, 2.45) is 0 Å². The van der Waals surface area contributed by atoms with Gasteiger partial charge in [-0.25, -0.2) is 0 Å². The lowest BCUT2D eigenvalue weighted by molar-refractivity contribution is 0.0919. The van der Waals surface area contributed by atoms with Gasteiger partial charge in [0.25, 0.3) is 5.91 Å². The summed E-state index contributed by atoms with van der Waals surface area (Å²) in [6.45, 7) is 6.13. The Balaban J connectivity index is 2.72. The highest BCUT2D eigenvalue weighted by Crippen LogP contribution is 2.22. The van der Waals surface area contributed by atoms with Gasteiger partial charge in [-0.2, -0.15) is 0 Å². The molecule has 0 unspecified atom stereocenters. The maximum Gasteiger partial charge on any atom is 0.261 e. The second kappa shape index (κ2) is 6.77. The monoisotopic (exact) mass is 255 g/mol. The van der Waals surface area contributed by atoms with Crippen LogP contribution in [0.15, 0.2) is 6.07 Å². The van der Waals surface area contributed by atoms with Gasteiger partial charge in [0.1, 0.15) is 0 Å². The summed E-state index contributed by atoms with van der Waals surface area (Å²) in [5.41, 5.74) is 1.26. The average molecular weight is 255 g/mol. The minimum atomic E-state index is -0.139. The molecule has 2 N–H and O–H groups in total. The van der Waals surface area contributed by atoms with Crippen molar-refractivity contribution in [3.63, 3.8) is 0 Å². The Hall–Kier alpha value is -0.870. The van der Waals surface area contributed by atoms with E-state index in [1.165, 1.54) is 21.8 Å². The summed E-state index contributed by atoms with van der Waals surface area (Å²) in [6.07, 6.45) is 2.86. The maximum absolute atomic E-state index is 11.9. The van der Waals surface area contributed by atoms with Crippen LogP contribution < -0.4 is 5.32 Å². The van der Waals surface area contributed by atoms with Crippen LogP contribution in [-0.2, 0) is 6.42 Å². The zero-order valence-corrected chi connectivity index (χ0v) is 11.6. The molecule has 1 heterocycles. The molecule has 1 aromatic rings. The Morgan fingerprint density at radius 3 is 2.76 bits per heavy atom. The predicted octanol–water partition coefficient (Wildman–Crippen LogP) is 2.51. The Bertz CT molecular complexity index is 369. The van der Waals surface area contributed by atoms with Crippen LogP contribution in [-0.4, -0.2) is 23.7 Å². The highest BCUT2D eigenvalue weighted by atomic mass is 32.1. The minimum absolute atomic E-state index is 0.00554. The van der Waals surface area contributed by atoms with Crippen molar-refractivity contribution in [2.45, 2.75) is 46.1 Å². The third-order valence-corrected chi connectivity index (χ3v) is 3.90. The highest BCUT2D eigenvalue weighted by Gasteiger charge is 2.14. The smallest absolute Gasteiger partial charge is 0.261 e. The summed E-state index contributed by atoms with van der Waals surface area (Å²) >= 11 is 1.53.